The van der Waals surface area contributed by atoms with Crippen molar-refractivity contribution in [1.82, 2.24) is 4.57 Å². The molecule has 0 spiro atoms. The molecule has 0 saturated heterocycles. The van der Waals surface area contributed by atoms with Crippen molar-refractivity contribution in [2.75, 3.05) is 0 Å². The second-order valence-corrected chi connectivity index (χ2v) is 7.89. The Kier molecular flexibility index (Phi) is 4.81. The minimum absolute atomic E-state index is 0.233. The molecule has 0 aliphatic heterocycles. The van der Waals surface area contributed by atoms with Crippen LogP contribution in [0.25, 0.3) is 10.9 Å². The Morgan fingerprint density at radius 1 is 1.14 bits per heavy atom. The fourth-order valence-corrected chi connectivity index (χ4v) is 4.21. The van der Waals surface area contributed by atoms with Gasteiger partial charge in [0.1, 0.15) is 16.9 Å². The van der Waals surface area contributed by atoms with E-state index in [9.17, 15) is 9.65 Å². The van der Waals surface area contributed by atoms with Crippen LogP contribution >= 0.6 is 11.3 Å². The molecule has 0 bridgehead atoms. The van der Waals surface area contributed by atoms with E-state index in [1.807, 2.05) is 32.2 Å². The molecule has 0 N–H and O–H groups in total. The van der Waals surface area contributed by atoms with Gasteiger partial charge in [-0.1, -0.05) is 30.3 Å². The predicted molar refractivity (Wildman–Crippen MR) is 113 cm³/mol. The number of aromatic nitrogens is 1. The number of hydrogen-bond donors (Lipinski definition) is 0. The van der Waals surface area contributed by atoms with Crippen LogP contribution in [0.4, 0.5) is 9.39 Å². The summed E-state index contributed by atoms with van der Waals surface area (Å²) in [6.45, 7) is 4.61. The number of halogens is 1. The number of rotatable bonds is 4. The Bertz CT molecular complexity index is 1220. The van der Waals surface area contributed by atoms with Crippen LogP contribution in [0.3, 0.4) is 0 Å². The summed E-state index contributed by atoms with van der Waals surface area (Å²) in [4.78, 5) is 5.73. The van der Waals surface area contributed by atoms with Crippen molar-refractivity contribution in [3.63, 3.8) is 0 Å². The number of nitrogens with zero attached hydrogens (tertiary/aromatic N) is 3. The van der Waals surface area contributed by atoms with E-state index in [1.54, 1.807) is 12.1 Å². The fraction of sp³-hybridized carbons (Fsp3) is 0.130. The van der Waals surface area contributed by atoms with E-state index in [0.29, 0.717) is 12.1 Å². The fourth-order valence-electron chi connectivity index (χ4n) is 3.26. The third kappa shape index (κ3) is 3.35. The zero-order chi connectivity index (χ0) is 19.7. The van der Waals surface area contributed by atoms with E-state index in [1.165, 1.54) is 23.5 Å². The summed E-state index contributed by atoms with van der Waals surface area (Å²) >= 11 is 1.54. The molecule has 0 unspecified atom stereocenters. The van der Waals surface area contributed by atoms with E-state index >= 15 is 0 Å². The SMILES string of the molecule is Cc1sc(N=Cc2cn(Cc3ccc(F)cc3)c3ccccc23)c(C#N)c1C. The van der Waals surface area contributed by atoms with E-state index in [-0.39, 0.29) is 5.82 Å². The lowest BCUT2D eigenvalue weighted by atomic mass is 10.2. The van der Waals surface area contributed by atoms with Crippen molar-refractivity contribution in [2.45, 2.75) is 20.4 Å². The molecule has 0 aliphatic carbocycles. The highest BCUT2D eigenvalue weighted by atomic mass is 32.1. The second-order valence-electron chi connectivity index (χ2n) is 6.69. The van der Waals surface area contributed by atoms with Crippen LogP contribution < -0.4 is 0 Å². The first-order valence-electron chi connectivity index (χ1n) is 8.93. The van der Waals surface area contributed by atoms with Crippen molar-refractivity contribution >= 4 is 33.5 Å². The van der Waals surface area contributed by atoms with Gasteiger partial charge in [0.05, 0.1) is 5.56 Å². The third-order valence-corrected chi connectivity index (χ3v) is 6.00. The number of hydrogen-bond acceptors (Lipinski definition) is 3. The number of para-hydroxylation sites is 1. The van der Waals surface area contributed by atoms with Gasteiger partial charge < -0.3 is 4.57 Å². The standard InChI is InChI=1S/C23H18FN3S/c1-15-16(2)28-23(21(15)11-25)26-12-18-14-27(22-6-4-3-5-20(18)22)13-17-7-9-19(24)10-8-17/h3-10,12,14H,13H2,1-2H3. The predicted octanol–water partition coefficient (Wildman–Crippen LogP) is 6.13. The molecule has 138 valence electrons. The molecule has 0 saturated carbocycles. The molecule has 0 radical (unpaired) electrons. The van der Waals surface area contributed by atoms with Crippen LogP contribution in [-0.4, -0.2) is 10.8 Å². The first kappa shape index (κ1) is 18.1. The van der Waals surface area contributed by atoms with Gasteiger partial charge in [-0.2, -0.15) is 5.26 Å². The lowest BCUT2D eigenvalue weighted by Gasteiger charge is -2.05. The Morgan fingerprint density at radius 3 is 2.64 bits per heavy atom. The maximum Gasteiger partial charge on any atom is 0.134 e. The highest BCUT2D eigenvalue weighted by Crippen LogP contribution is 2.34. The van der Waals surface area contributed by atoms with Crippen molar-refractivity contribution < 1.29 is 4.39 Å². The normalized spacial score (nSPS) is 11.4. The highest BCUT2D eigenvalue weighted by Gasteiger charge is 2.12. The molecular weight excluding hydrogens is 369 g/mol. The maximum absolute atomic E-state index is 13.2. The van der Waals surface area contributed by atoms with Gasteiger partial charge in [0.25, 0.3) is 0 Å². The average molecular weight is 387 g/mol. The number of fused-ring (bicyclic) bond motifs is 1. The van der Waals surface area contributed by atoms with Crippen LogP contribution in [0.15, 0.2) is 59.7 Å². The summed E-state index contributed by atoms with van der Waals surface area (Å²) in [5, 5.41) is 11.3. The summed E-state index contributed by atoms with van der Waals surface area (Å²) in [7, 11) is 0. The summed E-state index contributed by atoms with van der Waals surface area (Å²) in [6, 6.07) is 17.0. The monoisotopic (exact) mass is 387 g/mol. The van der Waals surface area contributed by atoms with Gasteiger partial charge in [-0.25, -0.2) is 9.38 Å². The molecule has 3 nitrogen and oxygen atoms in total. The Labute approximate surface area is 167 Å². The molecule has 0 atom stereocenters. The lowest BCUT2D eigenvalue weighted by Crippen LogP contribution is -1.97. The largest absolute Gasteiger partial charge is 0.342 e. The maximum atomic E-state index is 13.2. The summed E-state index contributed by atoms with van der Waals surface area (Å²) in [5.41, 5.74) is 4.76. The first-order valence-corrected chi connectivity index (χ1v) is 9.75. The lowest BCUT2D eigenvalue weighted by molar-refractivity contribution is 0.626. The smallest absolute Gasteiger partial charge is 0.134 e. The van der Waals surface area contributed by atoms with Gasteiger partial charge in [-0.15, -0.1) is 11.3 Å². The molecule has 28 heavy (non-hydrogen) atoms. The zero-order valence-electron chi connectivity index (χ0n) is 15.6. The quantitative estimate of drug-likeness (QED) is 0.388. The Hall–Kier alpha value is -3.23. The van der Waals surface area contributed by atoms with Gasteiger partial charge in [0.15, 0.2) is 0 Å². The minimum Gasteiger partial charge on any atom is -0.342 e. The highest BCUT2D eigenvalue weighted by molar-refractivity contribution is 7.16. The third-order valence-electron chi connectivity index (χ3n) is 4.89. The number of nitriles is 1. The molecular formula is C23H18FN3S. The topological polar surface area (TPSA) is 41.1 Å². The van der Waals surface area contributed by atoms with E-state index < -0.39 is 0 Å². The molecule has 5 heteroatoms. The number of aryl methyl sites for hydroxylation is 1. The molecule has 0 aliphatic rings. The summed E-state index contributed by atoms with van der Waals surface area (Å²) in [6.07, 6.45) is 3.88. The van der Waals surface area contributed by atoms with Crippen molar-refractivity contribution in [2.24, 2.45) is 4.99 Å². The molecule has 2 aromatic carbocycles. The van der Waals surface area contributed by atoms with Crippen molar-refractivity contribution in [1.29, 1.82) is 5.26 Å². The molecule has 4 rings (SSSR count). The second kappa shape index (κ2) is 7.41. The Morgan fingerprint density at radius 2 is 1.89 bits per heavy atom. The van der Waals surface area contributed by atoms with E-state index in [4.69, 9.17) is 0 Å². The van der Waals surface area contributed by atoms with Crippen LogP contribution in [-0.2, 0) is 6.54 Å². The van der Waals surface area contributed by atoms with E-state index in [2.05, 4.69) is 34.0 Å². The van der Waals surface area contributed by atoms with Crippen molar-refractivity contribution in [3.8, 4) is 6.07 Å². The van der Waals surface area contributed by atoms with Crippen molar-refractivity contribution in [3.05, 3.63) is 87.7 Å². The van der Waals surface area contributed by atoms with Gasteiger partial charge in [-0.05, 0) is 43.2 Å². The van der Waals surface area contributed by atoms with Crippen LogP contribution in [0.2, 0.25) is 0 Å². The Balaban J connectivity index is 1.73. The minimum atomic E-state index is -0.233. The number of aliphatic imine (C=N–C) groups is 1. The molecule has 4 aromatic rings. The summed E-state index contributed by atoms with van der Waals surface area (Å²) < 4.78 is 15.3. The van der Waals surface area contributed by atoms with Gasteiger partial charge in [0, 0.05) is 40.3 Å². The zero-order valence-corrected chi connectivity index (χ0v) is 16.4. The van der Waals surface area contributed by atoms with Crippen LogP contribution in [0.5, 0.6) is 0 Å². The van der Waals surface area contributed by atoms with E-state index in [0.717, 1.165) is 37.5 Å². The van der Waals surface area contributed by atoms with Gasteiger partial charge in [-0.3, -0.25) is 0 Å². The van der Waals surface area contributed by atoms with Crippen LogP contribution in [0, 0.1) is 31.0 Å². The summed E-state index contributed by atoms with van der Waals surface area (Å²) in [5.74, 6) is -0.233. The molecule has 0 amide bonds. The van der Waals surface area contributed by atoms with Gasteiger partial charge in [0.2, 0.25) is 0 Å². The van der Waals surface area contributed by atoms with Gasteiger partial charge >= 0.3 is 0 Å². The first-order chi connectivity index (χ1) is 13.6. The van der Waals surface area contributed by atoms with Crippen LogP contribution in [0.1, 0.15) is 27.1 Å². The molecule has 2 aromatic heterocycles. The molecule has 0 fully saturated rings. The number of thiophene rings is 1. The number of benzene rings is 2. The molecule has 2 heterocycles. The average Bonchev–Trinajstić information content (AvgIpc) is 3.19.